The van der Waals surface area contributed by atoms with Crippen molar-refractivity contribution in [2.45, 2.75) is 32.7 Å². The van der Waals surface area contributed by atoms with Gasteiger partial charge in [0.1, 0.15) is 5.69 Å². The molecule has 0 aliphatic heterocycles. The van der Waals surface area contributed by atoms with Crippen molar-refractivity contribution in [1.82, 2.24) is 0 Å². The second-order valence-corrected chi connectivity index (χ2v) is 6.80. The number of aryl methyl sites for hydroxylation is 2. The van der Waals surface area contributed by atoms with Crippen molar-refractivity contribution in [3.05, 3.63) is 63.2 Å². The molecule has 8 nitrogen and oxygen atoms in total. The third-order valence-electron chi connectivity index (χ3n) is 4.45. The number of carbonyl (C=O) groups excluding carboxylic acids is 2. The Balaban J connectivity index is 1.63. The normalized spacial score (nSPS) is 12.9. The first-order valence-electron chi connectivity index (χ1n) is 8.93. The molecule has 2 aromatic rings. The van der Waals surface area contributed by atoms with Crippen LogP contribution in [-0.4, -0.2) is 29.4 Å². The minimum absolute atomic E-state index is 0.0212. The maximum atomic E-state index is 12.2. The molecule has 0 saturated heterocycles. The van der Waals surface area contributed by atoms with Gasteiger partial charge in [0.05, 0.1) is 10.5 Å². The maximum Gasteiger partial charge on any atom is 0.338 e. The monoisotopic (exact) mass is 383 g/mol. The number of nitro groups is 1. The number of para-hydroxylation sites is 1. The lowest BCUT2D eigenvalue weighted by Gasteiger charge is -2.12. The van der Waals surface area contributed by atoms with Crippen molar-refractivity contribution in [3.63, 3.8) is 0 Å². The maximum absolute atomic E-state index is 12.2. The molecule has 1 aliphatic rings. The van der Waals surface area contributed by atoms with Gasteiger partial charge in [-0.05, 0) is 49.9 Å². The second kappa shape index (κ2) is 8.08. The molecule has 1 amide bonds. The SMILES string of the molecule is Cc1cccc(C)c1NC(=O)COC(=O)c1ccc(NC2CC2)c([N+](=O)[O-])c1. The number of ether oxygens (including phenoxy) is 1. The number of nitrogens with zero attached hydrogens (tertiary/aromatic N) is 1. The van der Waals surface area contributed by atoms with Crippen LogP contribution in [0.2, 0.25) is 0 Å². The summed E-state index contributed by atoms with van der Waals surface area (Å²) < 4.78 is 5.02. The van der Waals surface area contributed by atoms with E-state index in [1.165, 1.54) is 12.1 Å². The molecule has 0 unspecified atom stereocenters. The number of anilines is 2. The number of carbonyl (C=O) groups is 2. The molecule has 2 aromatic carbocycles. The van der Waals surface area contributed by atoms with Gasteiger partial charge in [-0.2, -0.15) is 0 Å². The summed E-state index contributed by atoms with van der Waals surface area (Å²) in [6, 6.07) is 9.96. The Bertz CT molecular complexity index is 917. The summed E-state index contributed by atoms with van der Waals surface area (Å²) in [4.78, 5) is 35.0. The standard InChI is InChI=1S/C20H21N3O5/c1-12-4-3-5-13(2)19(12)22-18(24)11-28-20(25)14-6-9-16(21-15-7-8-15)17(10-14)23(26)27/h3-6,9-10,15,21H,7-8,11H2,1-2H3,(H,22,24). The fraction of sp³-hybridized carbons (Fsp3) is 0.300. The van der Waals surface area contributed by atoms with Crippen molar-refractivity contribution in [2.24, 2.45) is 0 Å². The molecule has 0 spiro atoms. The zero-order chi connectivity index (χ0) is 20.3. The number of hydrogen-bond donors (Lipinski definition) is 2. The van der Waals surface area contributed by atoms with E-state index in [-0.39, 0.29) is 17.3 Å². The van der Waals surface area contributed by atoms with Gasteiger partial charge in [-0.25, -0.2) is 4.79 Å². The summed E-state index contributed by atoms with van der Waals surface area (Å²) in [5.41, 5.74) is 2.67. The molecule has 2 N–H and O–H groups in total. The first-order chi connectivity index (χ1) is 13.3. The summed E-state index contributed by atoms with van der Waals surface area (Å²) in [6.07, 6.45) is 1.94. The van der Waals surface area contributed by atoms with Gasteiger partial charge in [-0.3, -0.25) is 14.9 Å². The van der Waals surface area contributed by atoms with Crippen LogP contribution in [0.15, 0.2) is 36.4 Å². The van der Waals surface area contributed by atoms with Crippen molar-refractivity contribution >= 4 is 28.9 Å². The average Bonchev–Trinajstić information content (AvgIpc) is 3.47. The Morgan fingerprint density at radius 2 is 1.86 bits per heavy atom. The van der Waals surface area contributed by atoms with E-state index in [0.29, 0.717) is 11.4 Å². The highest BCUT2D eigenvalue weighted by molar-refractivity contribution is 5.97. The van der Waals surface area contributed by atoms with Gasteiger partial charge in [-0.15, -0.1) is 0 Å². The predicted molar refractivity (Wildman–Crippen MR) is 105 cm³/mol. The first kappa shape index (κ1) is 19.3. The number of nitro benzene ring substituents is 1. The molecule has 0 bridgehead atoms. The molecule has 28 heavy (non-hydrogen) atoms. The average molecular weight is 383 g/mol. The minimum Gasteiger partial charge on any atom is -0.452 e. The molecule has 0 heterocycles. The van der Waals surface area contributed by atoms with Crippen molar-refractivity contribution in [2.75, 3.05) is 17.2 Å². The van der Waals surface area contributed by atoms with Crippen LogP contribution < -0.4 is 10.6 Å². The quantitative estimate of drug-likeness (QED) is 0.429. The van der Waals surface area contributed by atoms with E-state index in [1.807, 2.05) is 32.0 Å². The molecule has 0 atom stereocenters. The molecule has 146 valence electrons. The van der Waals surface area contributed by atoms with Crippen LogP contribution in [0.25, 0.3) is 0 Å². The number of hydrogen-bond acceptors (Lipinski definition) is 6. The molecule has 8 heteroatoms. The molecule has 0 aromatic heterocycles. The molecule has 0 radical (unpaired) electrons. The minimum atomic E-state index is -0.794. The number of benzene rings is 2. The Morgan fingerprint density at radius 1 is 1.18 bits per heavy atom. The van der Waals surface area contributed by atoms with E-state index in [2.05, 4.69) is 10.6 Å². The number of rotatable bonds is 7. The van der Waals surface area contributed by atoms with Gasteiger partial charge in [0.2, 0.25) is 0 Å². The number of amides is 1. The largest absolute Gasteiger partial charge is 0.452 e. The Labute approximate surface area is 162 Å². The molecule has 1 fully saturated rings. The Kier molecular flexibility index (Phi) is 5.58. The van der Waals surface area contributed by atoms with Crippen molar-refractivity contribution in [1.29, 1.82) is 0 Å². The summed E-state index contributed by atoms with van der Waals surface area (Å²) in [5, 5.41) is 17.1. The zero-order valence-electron chi connectivity index (χ0n) is 15.7. The second-order valence-electron chi connectivity index (χ2n) is 6.80. The van der Waals surface area contributed by atoms with Crippen LogP contribution in [0.3, 0.4) is 0 Å². The van der Waals surface area contributed by atoms with Crippen molar-refractivity contribution in [3.8, 4) is 0 Å². The molecule has 1 aliphatic carbocycles. The van der Waals surface area contributed by atoms with Gasteiger partial charge in [-0.1, -0.05) is 18.2 Å². The lowest BCUT2D eigenvalue weighted by molar-refractivity contribution is -0.384. The van der Waals surface area contributed by atoms with E-state index < -0.39 is 23.4 Å². The van der Waals surface area contributed by atoms with Crippen LogP contribution >= 0.6 is 0 Å². The molecular weight excluding hydrogens is 362 g/mol. The van der Waals surface area contributed by atoms with Crippen LogP contribution in [0, 0.1) is 24.0 Å². The molecule has 3 rings (SSSR count). The summed E-state index contributed by atoms with van der Waals surface area (Å²) in [6.45, 7) is 3.25. The van der Waals surface area contributed by atoms with Gasteiger partial charge in [0, 0.05) is 17.8 Å². The van der Waals surface area contributed by atoms with Crippen LogP contribution in [0.5, 0.6) is 0 Å². The van der Waals surface area contributed by atoms with Crippen LogP contribution in [-0.2, 0) is 9.53 Å². The summed E-state index contributed by atoms with van der Waals surface area (Å²) >= 11 is 0. The molecular formula is C20H21N3O5. The summed E-state index contributed by atoms with van der Waals surface area (Å²) in [5.74, 6) is -1.27. The van der Waals surface area contributed by atoms with Crippen LogP contribution in [0.4, 0.5) is 17.1 Å². The lowest BCUT2D eigenvalue weighted by Crippen LogP contribution is -2.22. The van der Waals surface area contributed by atoms with E-state index in [1.54, 1.807) is 0 Å². The van der Waals surface area contributed by atoms with Gasteiger partial charge in [0.15, 0.2) is 6.61 Å². The van der Waals surface area contributed by atoms with E-state index in [4.69, 9.17) is 4.74 Å². The lowest BCUT2D eigenvalue weighted by atomic mass is 10.1. The van der Waals surface area contributed by atoms with Gasteiger partial charge in [0.25, 0.3) is 11.6 Å². The highest BCUT2D eigenvalue weighted by Gasteiger charge is 2.26. The highest BCUT2D eigenvalue weighted by Crippen LogP contribution is 2.31. The first-order valence-corrected chi connectivity index (χ1v) is 8.93. The van der Waals surface area contributed by atoms with E-state index in [0.717, 1.165) is 30.0 Å². The topological polar surface area (TPSA) is 111 Å². The highest BCUT2D eigenvalue weighted by atomic mass is 16.6. The van der Waals surface area contributed by atoms with Crippen molar-refractivity contribution < 1.29 is 19.2 Å². The third kappa shape index (κ3) is 4.64. The van der Waals surface area contributed by atoms with Gasteiger partial charge >= 0.3 is 5.97 Å². The number of esters is 1. The predicted octanol–water partition coefficient (Wildman–Crippen LogP) is 3.58. The third-order valence-corrected chi connectivity index (χ3v) is 4.45. The Hall–Kier alpha value is -3.42. The zero-order valence-corrected chi connectivity index (χ0v) is 15.7. The molecule has 1 saturated carbocycles. The fourth-order valence-corrected chi connectivity index (χ4v) is 2.78. The number of nitrogens with one attached hydrogen (secondary N) is 2. The smallest absolute Gasteiger partial charge is 0.338 e. The van der Waals surface area contributed by atoms with E-state index >= 15 is 0 Å². The van der Waals surface area contributed by atoms with Gasteiger partial charge < -0.3 is 15.4 Å². The Morgan fingerprint density at radius 3 is 2.46 bits per heavy atom. The van der Waals surface area contributed by atoms with Crippen LogP contribution in [0.1, 0.15) is 34.3 Å². The fourth-order valence-electron chi connectivity index (χ4n) is 2.78. The van der Waals surface area contributed by atoms with E-state index in [9.17, 15) is 19.7 Å². The summed E-state index contributed by atoms with van der Waals surface area (Å²) in [7, 11) is 0.